The van der Waals surface area contributed by atoms with Crippen molar-refractivity contribution in [3.8, 4) is 0 Å². The number of nitrogens with one attached hydrogen (secondary N) is 3. The highest BCUT2D eigenvalue weighted by molar-refractivity contribution is 7.89. The van der Waals surface area contributed by atoms with Crippen LogP contribution < -0.4 is 10.0 Å². The number of sulfonamides is 1. The minimum atomic E-state index is -3.43. The van der Waals surface area contributed by atoms with Crippen LogP contribution in [0.5, 0.6) is 0 Å². The highest BCUT2D eigenvalue weighted by atomic mass is 32.2. The molecule has 1 saturated carbocycles. The Balaban J connectivity index is 1.43. The molecule has 3 rings (SSSR count). The van der Waals surface area contributed by atoms with Crippen LogP contribution in [0.15, 0.2) is 29.2 Å². The molecule has 0 radical (unpaired) electrons. The van der Waals surface area contributed by atoms with Gasteiger partial charge in [0.15, 0.2) is 4.77 Å². The van der Waals surface area contributed by atoms with Gasteiger partial charge in [-0.3, -0.25) is 9.89 Å². The first kappa shape index (κ1) is 20.7. The van der Waals surface area contributed by atoms with Gasteiger partial charge in [-0.15, -0.1) is 0 Å². The van der Waals surface area contributed by atoms with Crippen molar-refractivity contribution in [2.75, 3.05) is 6.54 Å². The van der Waals surface area contributed by atoms with E-state index < -0.39 is 10.0 Å². The van der Waals surface area contributed by atoms with Crippen molar-refractivity contribution < 1.29 is 13.2 Å². The molecule has 8 nitrogen and oxygen atoms in total. The van der Waals surface area contributed by atoms with Gasteiger partial charge in [0.05, 0.1) is 4.90 Å². The molecule has 1 fully saturated rings. The summed E-state index contributed by atoms with van der Waals surface area (Å²) in [4.78, 5) is 12.3. The highest BCUT2D eigenvalue weighted by Gasteiger charge is 2.27. The van der Waals surface area contributed by atoms with Crippen LogP contribution in [-0.2, 0) is 34.2 Å². The van der Waals surface area contributed by atoms with E-state index in [0.717, 1.165) is 30.8 Å². The number of hydrogen-bond donors (Lipinski definition) is 3. The summed E-state index contributed by atoms with van der Waals surface area (Å²) in [6.07, 6.45) is 3.30. The normalized spacial score (nSPS) is 14.2. The number of nitrogens with zero attached hydrogens (tertiary/aromatic N) is 2. The summed E-state index contributed by atoms with van der Waals surface area (Å²) >= 11 is 5.14. The molecule has 1 aliphatic rings. The maximum absolute atomic E-state index is 12.2. The Bertz CT molecular complexity index is 975. The predicted octanol–water partition coefficient (Wildman–Crippen LogP) is 1.69. The second-order valence-corrected chi connectivity index (χ2v) is 8.93. The third kappa shape index (κ3) is 5.49. The van der Waals surface area contributed by atoms with Crippen molar-refractivity contribution in [3.63, 3.8) is 0 Å². The summed E-state index contributed by atoms with van der Waals surface area (Å²) in [5, 5.41) is 9.80. The fourth-order valence-electron chi connectivity index (χ4n) is 2.85. The second kappa shape index (κ2) is 8.97. The summed E-state index contributed by atoms with van der Waals surface area (Å²) in [7, 11) is -3.43. The van der Waals surface area contributed by atoms with Crippen LogP contribution in [0.1, 0.15) is 37.6 Å². The van der Waals surface area contributed by atoms with E-state index in [2.05, 4.69) is 20.2 Å². The fourth-order valence-corrected chi connectivity index (χ4v) is 4.44. The molecule has 10 heteroatoms. The second-order valence-electron chi connectivity index (χ2n) is 6.83. The highest BCUT2D eigenvalue weighted by Crippen LogP contribution is 2.22. The van der Waals surface area contributed by atoms with Gasteiger partial charge in [-0.1, -0.05) is 12.1 Å². The number of hydrogen-bond acceptors (Lipinski definition) is 5. The van der Waals surface area contributed by atoms with E-state index in [1.54, 1.807) is 24.3 Å². The monoisotopic (exact) mass is 423 g/mol. The van der Waals surface area contributed by atoms with Crippen molar-refractivity contribution in [1.82, 2.24) is 24.8 Å². The van der Waals surface area contributed by atoms with E-state index in [0.29, 0.717) is 30.6 Å². The average Bonchev–Trinajstić information content (AvgIpc) is 3.40. The van der Waals surface area contributed by atoms with E-state index in [9.17, 15) is 13.2 Å². The Morgan fingerprint density at radius 1 is 1.29 bits per heavy atom. The topological polar surface area (TPSA) is 109 Å². The summed E-state index contributed by atoms with van der Waals surface area (Å²) in [5.41, 5.74) is 0.924. The van der Waals surface area contributed by atoms with Gasteiger partial charge in [0.25, 0.3) is 0 Å². The minimum absolute atomic E-state index is 0.0516. The van der Waals surface area contributed by atoms with Crippen LogP contribution in [0.25, 0.3) is 0 Å². The first-order valence-electron chi connectivity index (χ1n) is 9.41. The molecule has 1 heterocycles. The van der Waals surface area contributed by atoms with Crippen LogP contribution in [0.3, 0.4) is 0 Å². The van der Waals surface area contributed by atoms with Gasteiger partial charge >= 0.3 is 0 Å². The molecule has 152 valence electrons. The predicted molar refractivity (Wildman–Crippen MR) is 108 cm³/mol. The molecule has 0 unspecified atom stereocenters. The van der Waals surface area contributed by atoms with E-state index in [4.69, 9.17) is 12.2 Å². The number of aryl methyl sites for hydroxylation is 1. The third-order valence-corrected chi connectivity index (χ3v) is 6.45. The van der Waals surface area contributed by atoms with Crippen LogP contribution in [0, 0.1) is 4.77 Å². The molecular weight excluding hydrogens is 398 g/mol. The number of carbonyl (C=O) groups excluding carboxylic acids is 1. The summed E-state index contributed by atoms with van der Waals surface area (Å²) < 4.78 is 29.4. The summed E-state index contributed by atoms with van der Waals surface area (Å²) in [6, 6.07) is 6.78. The number of rotatable bonds is 10. The zero-order valence-electron chi connectivity index (χ0n) is 15.8. The van der Waals surface area contributed by atoms with Crippen molar-refractivity contribution in [2.24, 2.45) is 0 Å². The number of amides is 1. The molecule has 3 N–H and O–H groups in total. The van der Waals surface area contributed by atoms with Gasteiger partial charge < -0.3 is 9.88 Å². The number of carbonyl (C=O) groups is 1. The van der Waals surface area contributed by atoms with Crippen LogP contribution in [0.4, 0.5) is 0 Å². The number of benzene rings is 1. The summed E-state index contributed by atoms with van der Waals surface area (Å²) in [5.74, 6) is 0.772. The number of aromatic amines is 1. The molecule has 28 heavy (non-hydrogen) atoms. The lowest BCUT2D eigenvalue weighted by atomic mass is 10.1. The van der Waals surface area contributed by atoms with E-state index in [1.165, 1.54) is 0 Å². The summed E-state index contributed by atoms with van der Waals surface area (Å²) in [6.45, 7) is 3.22. The Hall–Kier alpha value is -2.04. The Labute approximate surface area is 169 Å². The maximum Gasteiger partial charge on any atom is 0.240 e. The lowest BCUT2D eigenvalue weighted by Crippen LogP contribution is -2.26. The quantitative estimate of drug-likeness (QED) is 0.504. The lowest BCUT2D eigenvalue weighted by molar-refractivity contribution is -0.121. The van der Waals surface area contributed by atoms with Gasteiger partial charge in [-0.25, -0.2) is 13.1 Å². The SMILES string of the molecule is CCn1c(CCNC(=O)CCc2ccc(S(=O)(=O)NC3CC3)cc2)n[nH]c1=S. The maximum atomic E-state index is 12.2. The van der Waals surface area contributed by atoms with Crippen LogP contribution >= 0.6 is 12.2 Å². The van der Waals surface area contributed by atoms with Gasteiger partial charge in [0.2, 0.25) is 15.9 Å². The Kier molecular flexibility index (Phi) is 6.63. The van der Waals surface area contributed by atoms with Crippen molar-refractivity contribution in [3.05, 3.63) is 40.4 Å². The Morgan fingerprint density at radius 3 is 2.64 bits per heavy atom. The standard InChI is InChI=1S/C18H25N5O3S2/c1-2-23-16(20-21-18(23)27)11-12-19-17(24)10-5-13-3-8-15(9-4-13)28(25,26)22-14-6-7-14/h3-4,8-9,14,22H,2,5-7,10-12H2,1H3,(H,19,24)(H,21,27). The minimum Gasteiger partial charge on any atom is -0.356 e. The van der Waals surface area contributed by atoms with Gasteiger partial charge in [-0.2, -0.15) is 5.10 Å². The number of aromatic nitrogens is 3. The smallest absolute Gasteiger partial charge is 0.240 e. The molecule has 1 amide bonds. The number of H-pyrrole nitrogens is 1. The molecule has 1 aromatic heterocycles. The largest absolute Gasteiger partial charge is 0.356 e. The van der Waals surface area contributed by atoms with Crippen LogP contribution in [-0.4, -0.2) is 41.7 Å². The Morgan fingerprint density at radius 2 is 2.00 bits per heavy atom. The van der Waals surface area contributed by atoms with E-state index >= 15 is 0 Å². The van der Waals surface area contributed by atoms with E-state index in [1.807, 2.05) is 11.5 Å². The molecule has 2 aromatic rings. The lowest BCUT2D eigenvalue weighted by Gasteiger charge is -2.08. The zero-order valence-corrected chi connectivity index (χ0v) is 17.4. The van der Waals surface area contributed by atoms with E-state index in [-0.39, 0.29) is 16.8 Å². The fraction of sp³-hybridized carbons (Fsp3) is 0.500. The van der Waals surface area contributed by atoms with Crippen LogP contribution in [0.2, 0.25) is 0 Å². The molecule has 0 bridgehead atoms. The zero-order chi connectivity index (χ0) is 20.1. The molecular formula is C18H25N5O3S2. The van der Waals surface area contributed by atoms with Gasteiger partial charge in [0, 0.05) is 32.0 Å². The third-order valence-electron chi connectivity index (χ3n) is 4.60. The first-order valence-corrected chi connectivity index (χ1v) is 11.3. The van der Waals surface area contributed by atoms with Gasteiger partial charge in [0.1, 0.15) is 5.82 Å². The average molecular weight is 424 g/mol. The molecule has 0 saturated heterocycles. The van der Waals surface area contributed by atoms with Gasteiger partial charge in [-0.05, 0) is 56.1 Å². The molecule has 1 aliphatic carbocycles. The first-order chi connectivity index (χ1) is 13.4. The van der Waals surface area contributed by atoms with Crippen molar-refractivity contribution in [2.45, 2.75) is 56.5 Å². The molecule has 0 spiro atoms. The van der Waals surface area contributed by atoms with Crippen molar-refractivity contribution in [1.29, 1.82) is 0 Å². The molecule has 1 aromatic carbocycles. The van der Waals surface area contributed by atoms with Crippen molar-refractivity contribution >= 4 is 28.1 Å². The molecule has 0 aliphatic heterocycles. The molecule has 0 atom stereocenters.